The van der Waals surface area contributed by atoms with Crippen molar-refractivity contribution in [1.82, 2.24) is 0 Å². The molecule has 0 spiro atoms. The van der Waals surface area contributed by atoms with Crippen LogP contribution in [0.4, 0.5) is 0 Å². The highest BCUT2D eigenvalue weighted by atomic mass is 16.3. The van der Waals surface area contributed by atoms with E-state index in [0.29, 0.717) is 12.3 Å². The van der Waals surface area contributed by atoms with Gasteiger partial charge >= 0.3 is 0 Å². The van der Waals surface area contributed by atoms with Crippen LogP contribution in [0.25, 0.3) is 0 Å². The van der Waals surface area contributed by atoms with Crippen LogP contribution in [0.5, 0.6) is 0 Å². The molecule has 0 aliphatic heterocycles. The number of amides is 1. The van der Waals surface area contributed by atoms with E-state index in [1.54, 1.807) is 0 Å². The lowest BCUT2D eigenvalue weighted by atomic mass is 9.84. The Labute approximate surface area is 77.8 Å². The van der Waals surface area contributed by atoms with Gasteiger partial charge in [-0.1, -0.05) is 5.18 Å². The average Bonchev–Trinajstić information content (AvgIpc) is 2.15. The van der Waals surface area contributed by atoms with E-state index in [-0.39, 0.29) is 11.9 Å². The molecule has 0 unspecified atom stereocenters. The van der Waals surface area contributed by atoms with Crippen molar-refractivity contribution in [3.63, 3.8) is 0 Å². The van der Waals surface area contributed by atoms with Crippen molar-refractivity contribution < 1.29 is 4.79 Å². The maximum Gasteiger partial charge on any atom is 0.217 e. The Bertz CT molecular complexity index is 186. The largest absolute Gasteiger partial charge is 0.370 e. The van der Waals surface area contributed by atoms with E-state index in [1.165, 1.54) is 0 Å². The van der Waals surface area contributed by atoms with Crippen LogP contribution in [0.3, 0.4) is 0 Å². The van der Waals surface area contributed by atoms with Crippen molar-refractivity contribution in [3.8, 4) is 0 Å². The molecule has 0 atom stereocenters. The number of hydrogen-bond donors (Lipinski definition) is 1. The lowest BCUT2D eigenvalue weighted by Crippen LogP contribution is -2.19. The van der Waals surface area contributed by atoms with E-state index >= 15 is 0 Å². The molecule has 0 heterocycles. The molecular formula is C9H16N2O2. The summed E-state index contributed by atoms with van der Waals surface area (Å²) in [7, 11) is 0. The van der Waals surface area contributed by atoms with Crippen LogP contribution >= 0.6 is 0 Å². The SMILES string of the molecule is NC(=O)CCC1CCC(N=O)CC1. The second kappa shape index (κ2) is 4.94. The summed E-state index contributed by atoms with van der Waals surface area (Å²) in [4.78, 5) is 20.7. The highest BCUT2D eigenvalue weighted by Crippen LogP contribution is 2.28. The van der Waals surface area contributed by atoms with Crippen LogP contribution in [0.1, 0.15) is 38.5 Å². The molecule has 0 aromatic rings. The monoisotopic (exact) mass is 184 g/mol. The molecule has 0 aromatic heterocycles. The predicted octanol–water partition coefficient (Wildman–Crippen LogP) is 1.58. The number of carbonyl (C=O) groups excluding carboxylic acids is 1. The highest BCUT2D eigenvalue weighted by molar-refractivity contribution is 5.73. The van der Waals surface area contributed by atoms with Crippen LogP contribution in [0.15, 0.2) is 5.18 Å². The number of nitroso groups, excluding NO2 is 1. The van der Waals surface area contributed by atoms with Gasteiger partial charge < -0.3 is 5.73 Å². The van der Waals surface area contributed by atoms with Gasteiger partial charge in [-0.2, -0.15) is 4.91 Å². The van der Waals surface area contributed by atoms with Crippen molar-refractivity contribution in [2.45, 2.75) is 44.6 Å². The molecule has 1 fully saturated rings. The summed E-state index contributed by atoms with van der Waals surface area (Å²) in [6, 6.07) is 0.0184. The molecule has 1 saturated carbocycles. The third-order valence-electron chi connectivity index (χ3n) is 2.76. The number of nitrogens with two attached hydrogens (primary N) is 1. The molecule has 0 saturated heterocycles. The lowest BCUT2D eigenvalue weighted by Gasteiger charge is -2.23. The van der Waals surface area contributed by atoms with E-state index in [1.807, 2.05) is 0 Å². The molecule has 2 N–H and O–H groups in total. The molecule has 4 heteroatoms. The topological polar surface area (TPSA) is 72.5 Å². The zero-order valence-electron chi connectivity index (χ0n) is 7.74. The van der Waals surface area contributed by atoms with E-state index in [0.717, 1.165) is 32.1 Å². The Morgan fingerprint density at radius 2 is 1.92 bits per heavy atom. The zero-order chi connectivity index (χ0) is 9.68. The van der Waals surface area contributed by atoms with Crippen molar-refractivity contribution >= 4 is 5.91 Å². The van der Waals surface area contributed by atoms with E-state index in [4.69, 9.17) is 5.73 Å². The number of nitrogens with zero attached hydrogens (tertiary/aromatic N) is 1. The normalized spacial score (nSPS) is 28.3. The molecule has 1 amide bonds. The fourth-order valence-corrected chi connectivity index (χ4v) is 1.89. The summed E-state index contributed by atoms with van der Waals surface area (Å²) in [6.45, 7) is 0. The van der Waals surface area contributed by atoms with Crippen molar-refractivity contribution in [2.24, 2.45) is 16.8 Å². The minimum absolute atomic E-state index is 0.0184. The smallest absolute Gasteiger partial charge is 0.217 e. The van der Waals surface area contributed by atoms with Crippen molar-refractivity contribution in [2.75, 3.05) is 0 Å². The van der Waals surface area contributed by atoms with Gasteiger partial charge in [0.15, 0.2) is 0 Å². The number of hydrogen-bond acceptors (Lipinski definition) is 3. The Morgan fingerprint density at radius 3 is 2.38 bits per heavy atom. The standard InChI is InChI=1S/C9H16N2O2/c10-9(12)6-3-7-1-4-8(11-13)5-2-7/h7-8H,1-6H2,(H2,10,12). The van der Waals surface area contributed by atoms with Gasteiger partial charge in [0.1, 0.15) is 0 Å². The minimum Gasteiger partial charge on any atom is -0.370 e. The quantitative estimate of drug-likeness (QED) is 0.673. The second-order valence-corrected chi connectivity index (χ2v) is 3.78. The van der Waals surface area contributed by atoms with E-state index in [2.05, 4.69) is 5.18 Å². The molecule has 1 aliphatic carbocycles. The fourth-order valence-electron chi connectivity index (χ4n) is 1.89. The van der Waals surface area contributed by atoms with Gasteiger partial charge in [-0.25, -0.2) is 0 Å². The Kier molecular flexibility index (Phi) is 3.86. The van der Waals surface area contributed by atoms with Crippen LogP contribution in [-0.4, -0.2) is 11.9 Å². The van der Waals surface area contributed by atoms with Gasteiger partial charge in [0.2, 0.25) is 5.91 Å². The first-order valence-corrected chi connectivity index (χ1v) is 4.83. The Hall–Kier alpha value is -0.930. The summed E-state index contributed by atoms with van der Waals surface area (Å²) < 4.78 is 0. The summed E-state index contributed by atoms with van der Waals surface area (Å²) in [5.74, 6) is 0.348. The zero-order valence-corrected chi connectivity index (χ0v) is 7.74. The van der Waals surface area contributed by atoms with Crippen LogP contribution in [-0.2, 0) is 4.79 Å². The maximum absolute atomic E-state index is 10.5. The molecule has 4 nitrogen and oxygen atoms in total. The third kappa shape index (κ3) is 3.53. The van der Waals surface area contributed by atoms with Crippen molar-refractivity contribution in [3.05, 3.63) is 4.91 Å². The molecule has 0 aromatic carbocycles. The summed E-state index contributed by atoms with van der Waals surface area (Å²) in [6.07, 6.45) is 5.15. The third-order valence-corrected chi connectivity index (χ3v) is 2.76. The second-order valence-electron chi connectivity index (χ2n) is 3.78. The van der Waals surface area contributed by atoms with Crippen LogP contribution in [0.2, 0.25) is 0 Å². The molecule has 0 bridgehead atoms. The maximum atomic E-state index is 10.5. The van der Waals surface area contributed by atoms with Gasteiger partial charge in [0.05, 0.1) is 6.04 Å². The number of carbonyl (C=O) groups is 1. The summed E-state index contributed by atoms with van der Waals surface area (Å²) in [5, 5.41) is 3.04. The first kappa shape index (κ1) is 10.2. The highest BCUT2D eigenvalue weighted by Gasteiger charge is 2.21. The van der Waals surface area contributed by atoms with Crippen molar-refractivity contribution in [1.29, 1.82) is 0 Å². The first-order chi connectivity index (χ1) is 6.22. The van der Waals surface area contributed by atoms with E-state index in [9.17, 15) is 9.70 Å². The fraction of sp³-hybridized carbons (Fsp3) is 0.889. The van der Waals surface area contributed by atoms with Crippen LogP contribution in [0, 0.1) is 10.8 Å². The molecule has 1 aliphatic rings. The molecule has 13 heavy (non-hydrogen) atoms. The lowest BCUT2D eigenvalue weighted by molar-refractivity contribution is -0.118. The predicted molar refractivity (Wildman–Crippen MR) is 50.0 cm³/mol. The molecule has 74 valence electrons. The molecule has 0 radical (unpaired) electrons. The number of primary amides is 1. The number of rotatable bonds is 4. The minimum atomic E-state index is -0.226. The summed E-state index contributed by atoms with van der Waals surface area (Å²) >= 11 is 0. The molecule has 1 rings (SSSR count). The van der Waals surface area contributed by atoms with E-state index < -0.39 is 0 Å². The Morgan fingerprint density at radius 1 is 1.31 bits per heavy atom. The van der Waals surface area contributed by atoms with Gasteiger partial charge in [-0.3, -0.25) is 4.79 Å². The van der Waals surface area contributed by atoms with Gasteiger partial charge in [-0.15, -0.1) is 0 Å². The average molecular weight is 184 g/mol. The van der Waals surface area contributed by atoms with Gasteiger partial charge in [0, 0.05) is 6.42 Å². The molecular weight excluding hydrogens is 168 g/mol. The first-order valence-electron chi connectivity index (χ1n) is 4.83. The van der Waals surface area contributed by atoms with Gasteiger partial charge in [-0.05, 0) is 38.0 Å². The Balaban J connectivity index is 2.17. The van der Waals surface area contributed by atoms with Gasteiger partial charge in [0.25, 0.3) is 0 Å². The van der Waals surface area contributed by atoms with Crippen LogP contribution < -0.4 is 5.73 Å². The summed E-state index contributed by atoms with van der Waals surface area (Å²) in [5.41, 5.74) is 5.06.